The van der Waals surface area contributed by atoms with Gasteiger partial charge in [-0.1, -0.05) is 29.3 Å². The molecule has 0 aliphatic carbocycles. The van der Waals surface area contributed by atoms with Gasteiger partial charge in [-0.2, -0.15) is 14.9 Å². The minimum absolute atomic E-state index is 0.242. The van der Waals surface area contributed by atoms with Gasteiger partial charge >= 0.3 is 5.69 Å². The Morgan fingerprint density at radius 1 is 0.918 bits per heavy atom. The lowest BCUT2D eigenvalue weighted by Gasteiger charge is -2.37. The molecule has 0 saturated carbocycles. The minimum Gasteiger partial charge on any atom is -0.491 e. The topological polar surface area (TPSA) is 114 Å². The molecule has 3 atom stereocenters. The molecule has 2 saturated heterocycles. The summed E-state index contributed by atoms with van der Waals surface area (Å²) >= 11 is 12.7. The maximum absolute atomic E-state index is 12.7. The van der Waals surface area contributed by atoms with Gasteiger partial charge in [0.25, 0.3) is 0 Å². The van der Waals surface area contributed by atoms with E-state index < -0.39 is 12.0 Å². The van der Waals surface area contributed by atoms with Crippen LogP contribution in [0.3, 0.4) is 0 Å². The maximum atomic E-state index is 12.7. The van der Waals surface area contributed by atoms with Crippen molar-refractivity contribution in [2.45, 2.75) is 31.6 Å². The van der Waals surface area contributed by atoms with Crippen molar-refractivity contribution in [2.75, 3.05) is 56.3 Å². The fraction of sp³-hybridized carbons (Fsp3) is 0.353. The van der Waals surface area contributed by atoms with Crippen LogP contribution in [0.1, 0.15) is 18.7 Å². The molecule has 13 nitrogen and oxygen atoms in total. The molecule has 0 N–H and O–H groups in total. The van der Waals surface area contributed by atoms with Crippen molar-refractivity contribution in [3.05, 3.63) is 112 Å². The monoisotopic (exact) mass is 706 g/mol. The van der Waals surface area contributed by atoms with Crippen molar-refractivity contribution in [3.8, 4) is 11.4 Å². The molecular weight excluding hydrogens is 671 g/mol. The fourth-order valence-electron chi connectivity index (χ4n) is 6.11. The van der Waals surface area contributed by atoms with Crippen molar-refractivity contribution in [3.63, 3.8) is 0 Å². The molecule has 3 unspecified atom stereocenters. The first-order chi connectivity index (χ1) is 23.8. The second-order valence-corrected chi connectivity index (χ2v) is 12.7. The van der Waals surface area contributed by atoms with Gasteiger partial charge in [-0.3, -0.25) is 0 Å². The number of benzene rings is 3. The normalized spacial score (nSPS) is 20.1. The zero-order valence-electron chi connectivity index (χ0n) is 27.1. The lowest BCUT2D eigenvalue weighted by atomic mass is 10.1. The summed E-state index contributed by atoms with van der Waals surface area (Å²) in [4.78, 5) is 21.5. The lowest BCUT2D eigenvalue weighted by molar-refractivity contribution is -0.190. The Morgan fingerprint density at radius 2 is 1.59 bits per heavy atom. The number of rotatable bonds is 11. The van der Waals surface area contributed by atoms with E-state index in [-0.39, 0.29) is 18.3 Å². The summed E-state index contributed by atoms with van der Waals surface area (Å²) in [6, 6.07) is 21.3. The van der Waals surface area contributed by atoms with E-state index in [4.69, 9.17) is 42.1 Å². The lowest BCUT2D eigenvalue weighted by Crippen LogP contribution is -2.46. The summed E-state index contributed by atoms with van der Waals surface area (Å²) in [6.07, 6.45) is 3.81. The molecule has 3 aromatic carbocycles. The Morgan fingerprint density at radius 3 is 2.22 bits per heavy atom. The van der Waals surface area contributed by atoms with Gasteiger partial charge in [0.1, 0.15) is 44.0 Å². The van der Waals surface area contributed by atoms with Crippen LogP contribution in [0, 0.1) is 0 Å². The van der Waals surface area contributed by atoms with E-state index in [1.54, 1.807) is 37.2 Å². The number of nitrogens with zero attached hydrogens (tertiary/aromatic N) is 8. The standard InChI is InChI=1S/C34H36Cl2N8O5/c1-24(46-2)44-33(45)43(23-39-44)28-6-4-26(5-7-28)40-13-15-41(16-14-40)27-8-10-29(11-9-27)47-18-30-19-48-34(49-30,20-42-22-37-21-38-42)31-12-3-25(35)17-32(31)36/h3-12,17,21-24,30H,13-16,18-20H2,1-2H3. The van der Waals surface area contributed by atoms with Crippen molar-refractivity contribution in [1.29, 1.82) is 0 Å². The first-order valence-corrected chi connectivity index (χ1v) is 16.7. The van der Waals surface area contributed by atoms with E-state index >= 15 is 0 Å². The summed E-state index contributed by atoms with van der Waals surface area (Å²) in [7, 11) is 1.55. The van der Waals surface area contributed by atoms with E-state index in [0.29, 0.717) is 28.8 Å². The van der Waals surface area contributed by atoms with Crippen LogP contribution in [-0.2, 0) is 26.5 Å². The number of hydrogen-bond acceptors (Lipinski definition) is 10. The first kappa shape index (κ1) is 33.1. The molecule has 4 heterocycles. The van der Waals surface area contributed by atoms with E-state index in [9.17, 15) is 4.79 Å². The number of ether oxygens (including phenoxy) is 4. The van der Waals surface area contributed by atoms with E-state index in [2.05, 4.69) is 37.1 Å². The Hall–Kier alpha value is -4.40. The van der Waals surface area contributed by atoms with Crippen molar-refractivity contribution < 1.29 is 18.9 Å². The van der Waals surface area contributed by atoms with Crippen LogP contribution in [0.2, 0.25) is 10.0 Å². The molecule has 2 fully saturated rings. The summed E-state index contributed by atoms with van der Waals surface area (Å²) in [5, 5.41) is 9.37. The van der Waals surface area contributed by atoms with E-state index in [1.807, 2.05) is 42.5 Å². The number of aromatic nitrogens is 6. The van der Waals surface area contributed by atoms with Crippen LogP contribution in [0.5, 0.6) is 5.75 Å². The van der Waals surface area contributed by atoms with Crippen LogP contribution in [0.25, 0.3) is 5.69 Å². The highest BCUT2D eigenvalue weighted by Crippen LogP contribution is 2.40. The second-order valence-electron chi connectivity index (χ2n) is 11.9. The molecular formula is C34H36Cl2N8O5. The molecule has 2 aliphatic rings. The van der Waals surface area contributed by atoms with Crippen molar-refractivity contribution >= 4 is 34.6 Å². The zero-order chi connectivity index (χ0) is 34.0. The Balaban J connectivity index is 0.925. The number of anilines is 2. The largest absolute Gasteiger partial charge is 0.491 e. The maximum Gasteiger partial charge on any atom is 0.352 e. The van der Waals surface area contributed by atoms with Gasteiger partial charge in [-0.25, -0.2) is 19.0 Å². The average molecular weight is 708 g/mol. The number of hydrogen-bond donors (Lipinski definition) is 0. The van der Waals surface area contributed by atoms with Gasteiger partial charge in [-0.05, 0) is 67.6 Å². The third-order valence-corrected chi connectivity index (χ3v) is 9.38. The molecule has 7 rings (SSSR count). The summed E-state index contributed by atoms with van der Waals surface area (Å²) in [6.45, 7) is 6.14. The SMILES string of the molecule is COC(C)n1ncn(-c2ccc(N3CCN(c4ccc(OCC5COC(Cn6cncn6)(c6ccc(Cl)cc6Cl)O5)cc4)CC3)cc2)c1=O. The summed E-state index contributed by atoms with van der Waals surface area (Å²) in [5.74, 6) is -0.421. The van der Waals surface area contributed by atoms with Gasteiger partial charge in [-0.15, -0.1) is 0 Å². The van der Waals surface area contributed by atoms with Crippen molar-refractivity contribution in [1.82, 2.24) is 29.1 Å². The number of halogens is 2. The van der Waals surface area contributed by atoms with Crippen LogP contribution in [0.15, 0.2) is 90.5 Å². The highest BCUT2D eigenvalue weighted by atomic mass is 35.5. The van der Waals surface area contributed by atoms with E-state index in [1.165, 1.54) is 21.9 Å². The van der Waals surface area contributed by atoms with Crippen molar-refractivity contribution in [2.24, 2.45) is 0 Å². The molecule has 0 spiro atoms. The predicted molar refractivity (Wildman–Crippen MR) is 185 cm³/mol. The zero-order valence-corrected chi connectivity index (χ0v) is 28.6. The molecule has 0 bridgehead atoms. The summed E-state index contributed by atoms with van der Waals surface area (Å²) < 4.78 is 28.6. The molecule has 2 aliphatic heterocycles. The Labute approximate surface area is 293 Å². The smallest absolute Gasteiger partial charge is 0.352 e. The third kappa shape index (κ3) is 7.03. The highest BCUT2D eigenvalue weighted by molar-refractivity contribution is 6.35. The average Bonchev–Trinajstić information content (AvgIpc) is 3.88. The predicted octanol–water partition coefficient (Wildman–Crippen LogP) is 4.77. The molecule has 49 heavy (non-hydrogen) atoms. The molecule has 0 amide bonds. The molecule has 5 aromatic rings. The summed E-state index contributed by atoms with van der Waals surface area (Å²) in [5.41, 5.74) is 3.42. The number of piperazine rings is 1. The molecule has 2 aromatic heterocycles. The van der Waals surface area contributed by atoms with Gasteiger partial charge in [0, 0.05) is 55.2 Å². The third-order valence-electron chi connectivity index (χ3n) is 8.83. The number of methoxy groups -OCH3 is 1. The van der Waals surface area contributed by atoms with Crippen LogP contribution >= 0.6 is 23.2 Å². The fourth-order valence-corrected chi connectivity index (χ4v) is 6.67. The molecule has 0 radical (unpaired) electrons. The Bertz CT molecular complexity index is 1910. The Kier molecular flexibility index (Phi) is 9.61. The van der Waals surface area contributed by atoms with Gasteiger partial charge in [0.15, 0.2) is 6.23 Å². The van der Waals surface area contributed by atoms with Crippen LogP contribution < -0.4 is 20.2 Å². The van der Waals surface area contributed by atoms with Gasteiger partial charge in [0.05, 0.1) is 17.3 Å². The van der Waals surface area contributed by atoms with E-state index in [0.717, 1.165) is 49.0 Å². The first-order valence-electron chi connectivity index (χ1n) is 15.9. The van der Waals surface area contributed by atoms with Crippen LogP contribution in [-0.4, -0.2) is 81.7 Å². The van der Waals surface area contributed by atoms with Gasteiger partial charge < -0.3 is 28.7 Å². The van der Waals surface area contributed by atoms with Gasteiger partial charge in [0.2, 0.25) is 5.79 Å². The highest BCUT2D eigenvalue weighted by Gasteiger charge is 2.45. The minimum atomic E-state index is -1.16. The second kappa shape index (κ2) is 14.2. The molecule has 15 heteroatoms. The molecule has 256 valence electrons. The van der Waals surface area contributed by atoms with Crippen LogP contribution in [0.4, 0.5) is 11.4 Å². The quantitative estimate of drug-likeness (QED) is 0.190.